The standard InChI is InChI=1S/C13H20N2O/c1-3-13(7-8-13)10-15-12-11(16-4-2)6-5-9-14-12/h5-6,9H,3-4,7-8,10H2,1-2H3,(H,14,15). The Kier molecular flexibility index (Phi) is 3.32. The second-order valence-corrected chi connectivity index (χ2v) is 4.49. The minimum Gasteiger partial charge on any atom is -0.490 e. The Morgan fingerprint density at radius 3 is 2.88 bits per heavy atom. The zero-order valence-corrected chi connectivity index (χ0v) is 10.1. The molecule has 1 fully saturated rings. The Balaban J connectivity index is 1.97. The van der Waals surface area contributed by atoms with Crippen molar-refractivity contribution >= 4 is 5.82 Å². The number of aromatic nitrogens is 1. The fraction of sp³-hybridized carbons (Fsp3) is 0.615. The van der Waals surface area contributed by atoms with E-state index in [9.17, 15) is 0 Å². The molecule has 1 aliphatic rings. The third-order valence-corrected chi connectivity index (χ3v) is 3.41. The van der Waals surface area contributed by atoms with Crippen LogP contribution in [0.15, 0.2) is 18.3 Å². The van der Waals surface area contributed by atoms with Crippen molar-refractivity contribution in [2.24, 2.45) is 5.41 Å². The monoisotopic (exact) mass is 220 g/mol. The summed E-state index contributed by atoms with van der Waals surface area (Å²) in [7, 11) is 0. The molecule has 0 saturated heterocycles. The van der Waals surface area contributed by atoms with Crippen molar-refractivity contribution in [1.82, 2.24) is 4.98 Å². The summed E-state index contributed by atoms with van der Waals surface area (Å²) in [5, 5.41) is 3.42. The Morgan fingerprint density at radius 1 is 1.44 bits per heavy atom. The second-order valence-electron chi connectivity index (χ2n) is 4.49. The lowest BCUT2D eigenvalue weighted by atomic mass is 10.0. The molecular weight excluding hydrogens is 200 g/mol. The maximum absolute atomic E-state index is 5.53. The zero-order chi connectivity index (χ0) is 11.4. The predicted octanol–water partition coefficient (Wildman–Crippen LogP) is 3.08. The molecule has 3 heteroatoms. The van der Waals surface area contributed by atoms with E-state index in [0.29, 0.717) is 12.0 Å². The molecule has 1 aromatic rings. The number of hydrogen-bond acceptors (Lipinski definition) is 3. The van der Waals surface area contributed by atoms with Gasteiger partial charge in [-0.25, -0.2) is 4.98 Å². The smallest absolute Gasteiger partial charge is 0.168 e. The molecule has 1 heterocycles. The first kappa shape index (κ1) is 11.2. The second kappa shape index (κ2) is 4.73. The van der Waals surface area contributed by atoms with E-state index >= 15 is 0 Å². The van der Waals surface area contributed by atoms with Crippen molar-refractivity contribution in [2.75, 3.05) is 18.5 Å². The summed E-state index contributed by atoms with van der Waals surface area (Å²) in [5.41, 5.74) is 0.529. The number of hydrogen-bond donors (Lipinski definition) is 1. The van der Waals surface area contributed by atoms with Gasteiger partial charge in [-0.3, -0.25) is 0 Å². The summed E-state index contributed by atoms with van der Waals surface area (Å²) < 4.78 is 5.53. The van der Waals surface area contributed by atoms with Crippen LogP contribution in [0.5, 0.6) is 5.75 Å². The topological polar surface area (TPSA) is 34.1 Å². The number of ether oxygens (including phenoxy) is 1. The van der Waals surface area contributed by atoms with Gasteiger partial charge >= 0.3 is 0 Å². The highest BCUT2D eigenvalue weighted by Gasteiger charge is 2.40. The van der Waals surface area contributed by atoms with Crippen LogP contribution in [-0.4, -0.2) is 18.1 Å². The SMILES string of the molecule is CCOc1cccnc1NCC1(CC)CC1. The summed E-state index contributed by atoms with van der Waals surface area (Å²) in [6.45, 7) is 5.95. The van der Waals surface area contributed by atoms with Crippen LogP contribution in [0.25, 0.3) is 0 Å². The van der Waals surface area contributed by atoms with Crippen molar-refractivity contribution in [3.05, 3.63) is 18.3 Å². The van der Waals surface area contributed by atoms with Gasteiger partial charge in [0, 0.05) is 12.7 Å². The number of rotatable bonds is 6. The molecule has 0 radical (unpaired) electrons. The number of pyridine rings is 1. The summed E-state index contributed by atoms with van der Waals surface area (Å²) in [5.74, 6) is 1.74. The molecule has 0 aliphatic heterocycles. The van der Waals surface area contributed by atoms with E-state index in [1.165, 1.54) is 19.3 Å². The number of nitrogens with zero attached hydrogens (tertiary/aromatic N) is 1. The van der Waals surface area contributed by atoms with Gasteiger partial charge in [0.25, 0.3) is 0 Å². The van der Waals surface area contributed by atoms with Gasteiger partial charge in [0.1, 0.15) is 0 Å². The molecule has 88 valence electrons. The molecular formula is C13H20N2O. The molecule has 1 saturated carbocycles. The normalized spacial score (nSPS) is 16.9. The van der Waals surface area contributed by atoms with Crippen molar-refractivity contribution in [3.8, 4) is 5.75 Å². The Hall–Kier alpha value is -1.25. The van der Waals surface area contributed by atoms with Gasteiger partial charge in [0.15, 0.2) is 11.6 Å². The highest BCUT2D eigenvalue weighted by atomic mass is 16.5. The molecule has 1 N–H and O–H groups in total. The summed E-state index contributed by atoms with van der Waals surface area (Å²) in [4.78, 5) is 4.33. The maximum atomic E-state index is 5.53. The maximum Gasteiger partial charge on any atom is 0.168 e. The largest absolute Gasteiger partial charge is 0.490 e. The van der Waals surface area contributed by atoms with Crippen LogP contribution in [0.1, 0.15) is 33.1 Å². The molecule has 3 nitrogen and oxygen atoms in total. The lowest BCUT2D eigenvalue weighted by Crippen LogP contribution is -2.15. The fourth-order valence-corrected chi connectivity index (χ4v) is 1.90. The van der Waals surface area contributed by atoms with Crippen LogP contribution >= 0.6 is 0 Å². The van der Waals surface area contributed by atoms with Gasteiger partial charge in [-0.15, -0.1) is 0 Å². The summed E-state index contributed by atoms with van der Waals surface area (Å²) in [6.07, 6.45) is 5.73. The van der Waals surface area contributed by atoms with E-state index in [1.807, 2.05) is 19.1 Å². The molecule has 0 spiro atoms. The van der Waals surface area contributed by atoms with Gasteiger partial charge in [0.2, 0.25) is 0 Å². The number of anilines is 1. The van der Waals surface area contributed by atoms with Crippen molar-refractivity contribution in [1.29, 1.82) is 0 Å². The van der Waals surface area contributed by atoms with Crippen molar-refractivity contribution in [2.45, 2.75) is 33.1 Å². The number of nitrogens with one attached hydrogen (secondary N) is 1. The van der Waals surface area contributed by atoms with Gasteiger partial charge < -0.3 is 10.1 Å². The minimum atomic E-state index is 0.529. The van der Waals surface area contributed by atoms with Crippen LogP contribution in [0, 0.1) is 5.41 Å². The average molecular weight is 220 g/mol. The lowest BCUT2D eigenvalue weighted by molar-refractivity contribution is 0.340. The molecule has 1 aromatic heterocycles. The van der Waals surface area contributed by atoms with Crippen molar-refractivity contribution < 1.29 is 4.74 Å². The first-order valence-corrected chi connectivity index (χ1v) is 6.11. The summed E-state index contributed by atoms with van der Waals surface area (Å²) >= 11 is 0. The minimum absolute atomic E-state index is 0.529. The lowest BCUT2D eigenvalue weighted by Gasteiger charge is -2.15. The fourth-order valence-electron chi connectivity index (χ4n) is 1.90. The molecule has 0 atom stereocenters. The third-order valence-electron chi connectivity index (χ3n) is 3.41. The highest BCUT2D eigenvalue weighted by Crippen LogP contribution is 2.48. The van der Waals surface area contributed by atoms with Gasteiger partial charge in [-0.05, 0) is 43.7 Å². The van der Waals surface area contributed by atoms with Crippen LogP contribution in [-0.2, 0) is 0 Å². The molecule has 0 unspecified atom stereocenters. The molecule has 0 amide bonds. The molecule has 2 rings (SSSR count). The first-order valence-electron chi connectivity index (χ1n) is 6.11. The Morgan fingerprint density at radius 2 is 2.25 bits per heavy atom. The van der Waals surface area contributed by atoms with E-state index in [0.717, 1.165) is 18.1 Å². The Bertz CT molecular complexity index is 348. The van der Waals surface area contributed by atoms with Crippen LogP contribution in [0.4, 0.5) is 5.82 Å². The van der Waals surface area contributed by atoms with E-state index in [1.54, 1.807) is 6.20 Å². The average Bonchev–Trinajstić information content (AvgIpc) is 3.09. The third kappa shape index (κ3) is 2.46. The zero-order valence-electron chi connectivity index (χ0n) is 10.1. The molecule has 0 bridgehead atoms. The molecule has 16 heavy (non-hydrogen) atoms. The predicted molar refractivity (Wildman–Crippen MR) is 65.9 cm³/mol. The summed E-state index contributed by atoms with van der Waals surface area (Å²) in [6, 6.07) is 3.87. The Labute approximate surface area is 97.2 Å². The molecule has 1 aliphatic carbocycles. The van der Waals surface area contributed by atoms with E-state index in [-0.39, 0.29) is 0 Å². The highest BCUT2D eigenvalue weighted by molar-refractivity contribution is 5.49. The molecule has 0 aromatic carbocycles. The van der Waals surface area contributed by atoms with Crippen molar-refractivity contribution in [3.63, 3.8) is 0 Å². The van der Waals surface area contributed by atoms with Crippen LogP contribution in [0.2, 0.25) is 0 Å². The van der Waals surface area contributed by atoms with Gasteiger partial charge in [0.05, 0.1) is 6.61 Å². The first-order chi connectivity index (χ1) is 7.79. The van der Waals surface area contributed by atoms with Crippen LogP contribution < -0.4 is 10.1 Å². The van der Waals surface area contributed by atoms with E-state index in [2.05, 4.69) is 17.2 Å². The van der Waals surface area contributed by atoms with Gasteiger partial charge in [-0.1, -0.05) is 6.92 Å². The van der Waals surface area contributed by atoms with E-state index < -0.39 is 0 Å². The van der Waals surface area contributed by atoms with E-state index in [4.69, 9.17) is 4.74 Å². The van der Waals surface area contributed by atoms with Crippen LogP contribution in [0.3, 0.4) is 0 Å². The van der Waals surface area contributed by atoms with Gasteiger partial charge in [-0.2, -0.15) is 0 Å². The quantitative estimate of drug-likeness (QED) is 0.800.